The van der Waals surface area contributed by atoms with Gasteiger partial charge in [-0.15, -0.1) is 0 Å². The van der Waals surface area contributed by atoms with Gasteiger partial charge in [0.25, 0.3) is 11.6 Å². The largest absolute Gasteiger partial charge is 0.328 e. The van der Waals surface area contributed by atoms with E-state index < -0.39 is 22.3 Å². The Bertz CT molecular complexity index is 1110. The molecule has 0 bridgehead atoms. The third kappa shape index (κ3) is 4.88. The number of carbonyl (C=O) groups excluding carboxylic acids is 2. The van der Waals surface area contributed by atoms with Crippen LogP contribution in [0, 0.1) is 15.5 Å². The maximum absolute atomic E-state index is 13.5. The van der Waals surface area contributed by atoms with E-state index in [4.69, 9.17) is 0 Å². The summed E-state index contributed by atoms with van der Waals surface area (Å²) in [6.07, 6.45) is 6.18. The fraction of sp³-hybridized carbons (Fsp3) is 0.407. The summed E-state index contributed by atoms with van der Waals surface area (Å²) < 4.78 is 0. The van der Waals surface area contributed by atoms with Crippen molar-refractivity contribution in [1.82, 2.24) is 10.2 Å². The number of amides is 2. The smallest absolute Gasteiger partial charge is 0.282 e. The molecule has 178 valence electrons. The number of rotatable bonds is 5. The maximum Gasteiger partial charge on any atom is 0.282 e. The third-order valence-corrected chi connectivity index (χ3v) is 7.08. The van der Waals surface area contributed by atoms with E-state index in [2.05, 4.69) is 23.5 Å². The van der Waals surface area contributed by atoms with Crippen LogP contribution in [0.25, 0.3) is 0 Å². The highest BCUT2D eigenvalue weighted by atomic mass is 16.6. The summed E-state index contributed by atoms with van der Waals surface area (Å²) in [6, 6.07) is 15.6. The predicted molar refractivity (Wildman–Crippen MR) is 130 cm³/mol. The molecule has 0 radical (unpaired) electrons. The van der Waals surface area contributed by atoms with Crippen LogP contribution in [-0.4, -0.2) is 34.2 Å². The Morgan fingerprint density at radius 3 is 2.47 bits per heavy atom. The average Bonchev–Trinajstić information content (AvgIpc) is 2.83. The lowest BCUT2D eigenvalue weighted by atomic mass is 9.75. The third-order valence-electron chi connectivity index (χ3n) is 7.08. The molecule has 4 rings (SSSR count). The van der Waals surface area contributed by atoms with Crippen molar-refractivity contribution >= 4 is 17.5 Å². The lowest BCUT2D eigenvalue weighted by molar-refractivity contribution is -0.385. The quantitative estimate of drug-likeness (QED) is 0.490. The van der Waals surface area contributed by atoms with Crippen LogP contribution in [-0.2, 0) is 4.79 Å². The number of para-hydroxylation sites is 1. The molecule has 0 aromatic heterocycles. The van der Waals surface area contributed by atoms with Crippen LogP contribution in [0.4, 0.5) is 5.69 Å². The van der Waals surface area contributed by atoms with E-state index in [1.807, 2.05) is 32.0 Å². The Kier molecular flexibility index (Phi) is 6.82. The van der Waals surface area contributed by atoms with E-state index in [-0.39, 0.29) is 17.2 Å². The number of benzene rings is 2. The highest BCUT2D eigenvalue weighted by Gasteiger charge is 2.45. The fourth-order valence-electron chi connectivity index (χ4n) is 5.28. The molecule has 7 heteroatoms. The van der Waals surface area contributed by atoms with Gasteiger partial charge in [0.05, 0.1) is 4.92 Å². The number of nitrogens with one attached hydrogen (secondary N) is 1. The highest BCUT2D eigenvalue weighted by molar-refractivity contribution is 6.01. The number of piperidine rings is 1. The fourth-order valence-corrected chi connectivity index (χ4v) is 5.28. The van der Waals surface area contributed by atoms with Gasteiger partial charge in [-0.3, -0.25) is 19.7 Å². The minimum atomic E-state index is -0.707. The van der Waals surface area contributed by atoms with Gasteiger partial charge in [-0.25, -0.2) is 0 Å². The van der Waals surface area contributed by atoms with Gasteiger partial charge in [0.2, 0.25) is 5.91 Å². The van der Waals surface area contributed by atoms with Crippen molar-refractivity contribution in [2.75, 3.05) is 6.54 Å². The molecule has 2 amide bonds. The molecule has 2 atom stereocenters. The molecule has 2 unspecified atom stereocenters. The van der Waals surface area contributed by atoms with Crippen molar-refractivity contribution in [1.29, 1.82) is 0 Å². The predicted octanol–water partition coefficient (Wildman–Crippen LogP) is 5.19. The van der Waals surface area contributed by atoms with Crippen molar-refractivity contribution < 1.29 is 14.5 Å². The molecule has 1 aliphatic heterocycles. The van der Waals surface area contributed by atoms with Crippen LogP contribution in [0.15, 0.2) is 66.4 Å². The molecular weight excluding hydrogens is 430 g/mol. The van der Waals surface area contributed by atoms with E-state index in [1.165, 1.54) is 28.7 Å². The van der Waals surface area contributed by atoms with Gasteiger partial charge in [-0.1, -0.05) is 62.4 Å². The van der Waals surface area contributed by atoms with Crippen LogP contribution in [0.2, 0.25) is 0 Å². The van der Waals surface area contributed by atoms with Crippen molar-refractivity contribution in [2.45, 2.75) is 57.9 Å². The molecular formula is C27H31N3O4. The summed E-state index contributed by atoms with van der Waals surface area (Å²) in [7, 11) is 0. The number of hydrogen-bond acceptors (Lipinski definition) is 4. The van der Waals surface area contributed by atoms with E-state index in [0.29, 0.717) is 12.5 Å². The number of carbonyl (C=O) groups is 2. The average molecular weight is 462 g/mol. The zero-order valence-electron chi connectivity index (χ0n) is 19.7. The summed E-state index contributed by atoms with van der Waals surface area (Å²) in [5.74, 6) is -0.257. The first-order chi connectivity index (χ1) is 16.3. The van der Waals surface area contributed by atoms with Crippen molar-refractivity contribution in [3.63, 3.8) is 0 Å². The molecule has 1 saturated heterocycles. The summed E-state index contributed by atoms with van der Waals surface area (Å²) in [5, 5.41) is 14.6. The zero-order valence-corrected chi connectivity index (χ0v) is 19.7. The van der Waals surface area contributed by atoms with Crippen molar-refractivity contribution in [2.24, 2.45) is 5.41 Å². The number of allylic oxidation sites excluding steroid dienone is 2. The number of nitro benzene ring substituents is 1. The second-order valence-corrected chi connectivity index (χ2v) is 9.87. The first-order valence-corrected chi connectivity index (χ1v) is 11.9. The second kappa shape index (κ2) is 9.79. The summed E-state index contributed by atoms with van der Waals surface area (Å²) in [6.45, 7) is 4.36. The standard InChI is InChI=1S/C27H31N3O4/c1-27(2)17-8-18-29(26(32)22-11-6-7-12-23(22)30(33)34)24(27)25(31)28-21-15-13-20(14-16-21)19-9-4-3-5-10-19/h3-7,9-12,15,20,24H,8,13-14,16-18H2,1-2H3,(H,28,31). The number of likely N-dealkylation sites (tertiary alicyclic amines) is 1. The van der Waals surface area contributed by atoms with Crippen LogP contribution < -0.4 is 5.32 Å². The molecule has 1 aliphatic carbocycles. The number of nitro groups is 1. The molecule has 7 nitrogen and oxygen atoms in total. The second-order valence-electron chi connectivity index (χ2n) is 9.87. The van der Waals surface area contributed by atoms with Crippen molar-refractivity contribution in [3.05, 3.63) is 87.6 Å². The van der Waals surface area contributed by atoms with Crippen LogP contribution >= 0.6 is 0 Å². The summed E-state index contributed by atoms with van der Waals surface area (Å²) in [5.41, 5.74) is 1.52. The van der Waals surface area contributed by atoms with Gasteiger partial charge in [0.15, 0.2) is 0 Å². The van der Waals surface area contributed by atoms with Gasteiger partial charge in [-0.2, -0.15) is 0 Å². The first-order valence-electron chi connectivity index (χ1n) is 11.9. The topological polar surface area (TPSA) is 92.6 Å². The van der Waals surface area contributed by atoms with E-state index >= 15 is 0 Å². The monoisotopic (exact) mass is 461 g/mol. The van der Waals surface area contributed by atoms with Crippen molar-refractivity contribution in [3.8, 4) is 0 Å². The van der Waals surface area contributed by atoms with Gasteiger partial charge in [0, 0.05) is 18.3 Å². The van der Waals surface area contributed by atoms with Gasteiger partial charge in [-0.05, 0) is 55.1 Å². The molecule has 0 saturated carbocycles. The Balaban J connectivity index is 1.53. The molecule has 1 heterocycles. The van der Waals surface area contributed by atoms with Crippen LogP contribution in [0.1, 0.15) is 67.8 Å². The zero-order chi connectivity index (χ0) is 24.3. The molecule has 2 aromatic rings. The Labute approximate surface area is 200 Å². The SMILES string of the molecule is CC1(C)CCCN(C(=O)c2ccccc2[N+](=O)[O-])C1C(=O)NC1=CCC(c2ccccc2)CC1. The van der Waals surface area contributed by atoms with Crippen LogP contribution in [0.5, 0.6) is 0 Å². The summed E-state index contributed by atoms with van der Waals surface area (Å²) in [4.78, 5) is 39.4. The molecule has 1 N–H and O–H groups in total. The lowest BCUT2D eigenvalue weighted by Gasteiger charge is -2.45. The molecule has 1 fully saturated rings. The number of nitrogens with zero attached hydrogens (tertiary/aromatic N) is 2. The number of hydrogen-bond donors (Lipinski definition) is 1. The van der Waals surface area contributed by atoms with Crippen LogP contribution in [0.3, 0.4) is 0 Å². The molecule has 2 aliphatic rings. The van der Waals surface area contributed by atoms with Gasteiger partial charge < -0.3 is 10.2 Å². The lowest BCUT2D eigenvalue weighted by Crippen LogP contribution is -2.59. The van der Waals surface area contributed by atoms with Gasteiger partial charge >= 0.3 is 0 Å². The normalized spacial score (nSPS) is 21.9. The molecule has 34 heavy (non-hydrogen) atoms. The summed E-state index contributed by atoms with van der Waals surface area (Å²) >= 11 is 0. The Morgan fingerprint density at radius 2 is 1.79 bits per heavy atom. The minimum absolute atomic E-state index is 0.0191. The minimum Gasteiger partial charge on any atom is -0.328 e. The first kappa shape index (κ1) is 23.7. The van der Waals surface area contributed by atoms with E-state index in [0.717, 1.165) is 37.8 Å². The maximum atomic E-state index is 13.5. The molecule has 2 aromatic carbocycles. The van der Waals surface area contributed by atoms with Gasteiger partial charge in [0.1, 0.15) is 11.6 Å². The Morgan fingerprint density at radius 1 is 1.09 bits per heavy atom. The van der Waals surface area contributed by atoms with E-state index in [1.54, 1.807) is 6.07 Å². The molecule has 0 spiro atoms. The Hall–Kier alpha value is -3.48. The van der Waals surface area contributed by atoms with E-state index in [9.17, 15) is 19.7 Å². The highest BCUT2D eigenvalue weighted by Crippen LogP contribution is 2.38.